The van der Waals surface area contributed by atoms with Crippen molar-refractivity contribution in [2.75, 3.05) is 6.54 Å². The summed E-state index contributed by atoms with van der Waals surface area (Å²) < 4.78 is 18.5. The van der Waals surface area contributed by atoms with E-state index in [4.69, 9.17) is 16.0 Å². The van der Waals surface area contributed by atoms with Gasteiger partial charge in [0.2, 0.25) is 0 Å². The lowest BCUT2D eigenvalue weighted by atomic mass is 10.1. The molecule has 0 fully saturated rings. The Balaban J connectivity index is 1.93. The van der Waals surface area contributed by atoms with Crippen LogP contribution in [0.5, 0.6) is 0 Å². The molecule has 5 heteroatoms. The van der Waals surface area contributed by atoms with Gasteiger partial charge in [0.15, 0.2) is 0 Å². The van der Waals surface area contributed by atoms with E-state index in [1.165, 1.54) is 12.1 Å². The predicted molar refractivity (Wildman–Crippen MR) is 71.5 cm³/mol. The van der Waals surface area contributed by atoms with Crippen molar-refractivity contribution < 1.29 is 13.9 Å². The van der Waals surface area contributed by atoms with Gasteiger partial charge < -0.3 is 14.8 Å². The molecule has 2 N–H and O–H groups in total. The van der Waals surface area contributed by atoms with Crippen LogP contribution in [0.4, 0.5) is 4.39 Å². The Bertz CT molecular complexity index is 530. The molecular formula is C14H15ClFNO2. The van der Waals surface area contributed by atoms with Gasteiger partial charge in [0.05, 0.1) is 23.4 Å². The maximum absolute atomic E-state index is 13.3. The lowest BCUT2D eigenvalue weighted by Gasteiger charge is -2.16. The van der Waals surface area contributed by atoms with Crippen LogP contribution in [0.15, 0.2) is 41.0 Å². The van der Waals surface area contributed by atoms with Gasteiger partial charge in [-0.3, -0.25) is 0 Å². The number of benzene rings is 1. The lowest BCUT2D eigenvalue weighted by Crippen LogP contribution is -2.24. The highest BCUT2D eigenvalue weighted by molar-refractivity contribution is 6.30. The molecule has 1 aromatic heterocycles. The number of nitrogens with one attached hydrogen (secondary N) is 1. The molecule has 0 aliphatic rings. The molecular weight excluding hydrogens is 269 g/mol. The van der Waals surface area contributed by atoms with E-state index in [0.29, 0.717) is 12.1 Å². The summed E-state index contributed by atoms with van der Waals surface area (Å²) in [6, 6.07) is 7.92. The zero-order valence-electron chi connectivity index (χ0n) is 10.4. The fraction of sp³-hybridized carbons (Fsp3) is 0.286. The van der Waals surface area contributed by atoms with E-state index >= 15 is 0 Å². The third-order valence-corrected chi connectivity index (χ3v) is 3.22. The first-order valence-electron chi connectivity index (χ1n) is 5.97. The zero-order chi connectivity index (χ0) is 13.8. The monoisotopic (exact) mass is 283 g/mol. The second-order valence-electron chi connectivity index (χ2n) is 4.33. The van der Waals surface area contributed by atoms with Crippen LogP contribution in [0.1, 0.15) is 30.4 Å². The smallest absolute Gasteiger partial charge is 0.142 e. The molecule has 2 aromatic rings. The number of furan rings is 1. The predicted octanol–water partition coefficient (Wildman–Crippen LogP) is 3.46. The van der Waals surface area contributed by atoms with Crippen LogP contribution >= 0.6 is 11.6 Å². The van der Waals surface area contributed by atoms with Crippen LogP contribution in [0.3, 0.4) is 0 Å². The SMILES string of the molecule is CC(NCC(O)c1ccc(Cl)c(F)c1)c1ccco1. The van der Waals surface area contributed by atoms with Gasteiger partial charge in [-0.15, -0.1) is 0 Å². The summed E-state index contributed by atoms with van der Waals surface area (Å²) in [5.74, 6) is 0.256. The molecule has 0 aliphatic heterocycles. The minimum Gasteiger partial charge on any atom is -0.468 e. The number of rotatable bonds is 5. The number of halogens is 2. The molecule has 0 aliphatic carbocycles. The van der Waals surface area contributed by atoms with Crippen LogP contribution in [-0.4, -0.2) is 11.7 Å². The summed E-state index contributed by atoms with van der Waals surface area (Å²) in [6.07, 6.45) is 0.794. The molecule has 0 saturated carbocycles. The fourth-order valence-corrected chi connectivity index (χ4v) is 1.88. The van der Waals surface area contributed by atoms with Crippen LogP contribution in [-0.2, 0) is 0 Å². The average Bonchev–Trinajstić information content (AvgIpc) is 2.92. The maximum atomic E-state index is 13.3. The van der Waals surface area contributed by atoms with Gasteiger partial charge in [0.1, 0.15) is 11.6 Å². The van der Waals surface area contributed by atoms with Gasteiger partial charge in [0.25, 0.3) is 0 Å². The number of aliphatic hydroxyl groups excluding tert-OH is 1. The van der Waals surface area contributed by atoms with Crippen molar-refractivity contribution in [1.29, 1.82) is 0 Å². The van der Waals surface area contributed by atoms with Gasteiger partial charge in [0, 0.05) is 6.54 Å². The maximum Gasteiger partial charge on any atom is 0.142 e. The zero-order valence-corrected chi connectivity index (χ0v) is 11.2. The average molecular weight is 284 g/mol. The minimum atomic E-state index is -0.802. The van der Waals surface area contributed by atoms with E-state index in [-0.39, 0.29) is 11.1 Å². The number of hydrogen-bond acceptors (Lipinski definition) is 3. The van der Waals surface area contributed by atoms with Crippen molar-refractivity contribution in [3.8, 4) is 0 Å². The second-order valence-corrected chi connectivity index (χ2v) is 4.74. The Morgan fingerprint density at radius 3 is 2.84 bits per heavy atom. The molecule has 19 heavy (non-hydrogen) atoms. The van der Waals surface area contributed by atoms with Crippen molar-refractivity contribution in [1.82, 2.24) is 5.32 Å². The summed E-state index contributed by atoms with van der Waals surface area (Å²) in [4.78, 5) is 0. The van der Waals surface area contributed by atoms with E-state index in [1.54, 1.807) is 18.4 Å². The molecule has 102 valence electrons. The molecule has 1 aromatic carbocycles. The van der Waals surface area contributed by atoms with E-state index in [2.05, 4.69) is 5.32 Å². The van der Waals surface area contributed by atoms with Crippen LogP contribution < -0.4 is 5.32 Å². The molecule has 0 saturated heterocycles. The van der Waals surface area contributed by atoms with Gasteiger partial charge >= 0.3 is 0 Å². The van der Waals surface area contributed by atoms with Crippen molar-refractivity contribution in [3.05, 3.63) is 58.8 Å². The lowest BCUT2D eigenvalue weighted by molar-refractivity contribution is 0.168. The normalized spacial score (nSPS) is 14.3. The summed E-state index contributed by atoms with van der Waals surface area (Å²) in [5, 5.41) is 13.1. The van der Waals surface area contributed by atoms with Crippen LogP contribution in [0, 0.1) is 5.82 Å². The summed E-state index contributed by atoms with van der Waals surface area (Å²) in [6.45, 7) is 2.22. The Morgan fingerprint density at radius 1 is 1.42 bits per heavy atom. The first-order valence-corrected chi connectivity index (χ1v) is 6.35. The Labute approximate surface area is 116 Å². The van der Waals surface area contributed by atoms with E-state index in [9.17, 15) is 9.50 Å². The standard InChI is InChI=1S/C14H15ClFNO2/c1-9(14-3-2-6-19-14)17-8-13(18)10-4-5-11(15)12(16)7-10/h2-7,9,13,17-18H,8H2,1H3. The van der Waals surface area contributed by atoms with E-state index in [1.807, 2.05) is 13.0 Å². The second kappa shape index (κ2) is 6.19. The Morgan fingerprint density at radius 2 is 2.21 bits per heavy atom. The van der Waals surface area contributed by atoms with Crippen LogP contribution in [0.2, 0.25) is 5.02 Å². The highest BCUT2D eigenvalue weighted by atomic mass is 35.5. The van der Waals surface area contributed by atoms with Gasteiger partial charge in [-0.25, -0.2) is 4.39 Å². The first kappa shape index (κ1) is 14.1. The van der Waals surface area contributed by atoms with E-state index < -0.39 is 11.9 Å². The van der Waals surface area contributed by atoms with Crippen molar-refractivity contribution in [3.63, 3.8) is 0 Å². The molecule has 2 rings (SSSR count). The molecule has 2 atom stereocenters. The number of aliphatic hydroxyl groups is 1. The highest BCUT2D eigenvalue weighted by Crippen LogP contribution is 2.21. The third-order valence-electron chi connectivity index (χ3n) is 2.92. The Kier molecular flexibility index (Phi) is 4.58. The van der Waals surface area contributed by atoms with Gasteiger partial charge in [-0.1, -0.05) is 17.7 Å². The third kappa shape index (κ3) is 3.56. The number of hydrogen-bond donors (Lipinski definition) is 2. The van der Waals surface area contributed by atoms with Crippen molar-refractivity contribution in [2.24, 2.45) is 0 Å². The van der Waals surface area contributed by atoms with Gasteiger partial charge in [-0.05, 0) is 36.8 Å². The molecule has 1 heterocycles. The van der Waals surface area contributed by atoms with E-state index in [0.717, 1.165) is 5.76 Å². The minimum absolute atomic E-state index is 0.0261. The molecule has 0 spiro atoms. The van der Waals surface area contributed by atoms with Gasteiger partial charge in [-0.2, -0.15) is 0 Å². The van der Waals surface area contributed by atoms with Crippen molar-refractivity contribution in [2.45, 2.75) is 19.1 Å². The summed E-state index contributed by atoms with van der Waals surface area (Å²) >= 11 is 5.60. The van der Waals surface area contributed by atoms with Crippen molar-refractivity contribution >= 4 is 11.6 Å². The molecule has 2 unspecified atom stereocenters. The summed E-state index contributed by atoms with van der Waals surface area (Å²) in [5.41, 5.74) is 0.487. The molecule has 3 nitrogen and oxygen atoms in total. The highest BCUT2D eigenvalue weighted by Gasteiger charge is 2.13. The molecule has 0 radical (unpaired) electrons. The molecule has 0 amide bonds. The molecule has 0 bridgehead atoms. The Hall–Kier alpha value is -1.36. The van der Waals surface area contributed by atoms with Crippen LogP contribution in [0.25, 0.3) is 0 Å². The largest absolute Gasteiger partial charge is 0.468 e. The first-order chi connectivity index (χ1) is 9.08. The topological polar surface area (TPSA) is 45.4 Å². The summed E-state index contributed by atoms with van der Waals surface area (Å²) in [7, 11) is 0. The fourth-order valence-electron chi connectivity index (χ4n) is 1.76. The quantitative estimate of drug-likeness (QED) is 0.883.